The molecule has 0 amide bonds. The zero-order valence-electron chi connectivity index (χ0n) is 6.80. The van der Waals surface area contributed by atoms with Gasteiger partial charge in [0.1, 0.15) is 0 Å². The van der Waals surface area contributed by atoms with Crippen LogP contribution in [0.4, 0.5) is 8.78 Å². The second-order valence-electron chi connectivity index (χ2n) is 2.72. The molecular weight excluding hydrogens is 178 g/mol. The Hall–Kier alpha value is -0.440. The lowest BCUT2D eigenvalue weighted by atomic mass is 10.2. The highest BCUT2D eigenvalue weighted by Crippen LogP contribution is 2.14. The van der Waals surface area contributed by atoms with Crippen LogP contribution in [0.1, 0.15) is 24.1 Å². The molecule has 1 aromatic heterocycles. The lowest BCUT2D eigenvalue weighted by Gasteiger charge is -1.97. The van der Waals surface area contributed by atoms with Crippen molar-refractivity contribution in [3.63, 3.8) is 0 Å². The van der Waals surface area contributed by atoms with E-state index in [2.05, 4.69) is 0 Å². The van der Waals surface area contributed by atoms with E-state index in [0.29, 0.717) is 6.42 Å². The summed E-state index contributed by atoms with van der Waals surface area (Å²) in [5.41, 5.74) is 0. The number of halogens is 2. The molecule has 0 unspecified atom stereocenters. The van der Waals surface area contributed by atoms with Crippen molar-refractivity contribution < 1.29 is 8.78 Å². The Balaban J connectivity index is 2.04. The lowest BCUT2D eigenvalue weighted by Crippen LogP contribution is -1.90. The second kappa shape index (κ2) is 5.25. The fourth-order valence-corrected chi connectivity index (χ4v) is 1.80. The molecular formula is C9H12F2S. The largest absolute Gasteiger partial charge is 0.238 e. The van der Waals surface area contributed by atoms with Crippen LogP contribution >= 0.6 is 11.3 Å². The first kappa shape index (κ1) is 9.65. The molecule has 0 nitrogen and oxygen atoms in total. The fraction of sp³-hybridized carbons (Fsp3) is 0.556. The topological polar surface area (TPSA) is 0 Å². The zero-order valence-corrected chi connectivity index (χ0v) is 7.62. The maximum absolute atomic E-state index is 11.7. The number of hydrogen-bond acceptors (Lipinski definition) is 1. The average molecular weight is 190 g/mol. The second-order valence-corrected chi connectivity index (χ2v) is 3.75. The van der Waals surface area contributed by atoms with Gasteiger partial charge >= 0.3 is 0 Å². The van der Waals surface area contributed by atoms with Gasteiger partial charge in [-0.15, -0.1) is 11.3 Å². The summed E-state index contributed by atoms with van der Waals surface area (Å²) in [5.74, 6) is 0. The van der Waals surface area contributed by atoms with Gasteiger partial charge in [0, 0.05) is 11.3 Å². The van der Waals surface area contributed by atoms with Gasteiger partial charge < -0.3 is 0 Å². The molecule has 0 atom stereocenters. The van der Waals surface area contributed by atoms with Crippen LogP contribution in [-0.2, 0) is 6.42 Å². The van der Waals surface area contributed by atoms with Crippen molar-refractivity contribution in [2.24, 2.45) is 0 Å². The minimum atomic E-state index is -2.13. The predicted octanol–water partition coefficient (Wildman–Crippen LogP) is 3.73. The van der Waals surface area contributed by atoms with Crippen molar-refractivity contribution in [1.29, 1.82) is 0 Å². The Morgan fingerprint density at radius 2 is 2.17 bits per heavy atom. The molecule has 0 aliphatic rings. The summed E-state index contributed by atoms with van der Waals surface area (Å²) in [6.45, 7) is 0. The molecule has 1 heterocycles. The third kappa shape index (κ3) is 3.81. The van der Waals surface area contributed by atoms with Crippen molar-refractivity contribution in [2.45, 2.75) is 32.1 Å². The first-order valence-electron chi connectivity index (χ1n) is 4.09. The molecule has 0 aliphatic heterocycles. The van der Waals surface area contributed by atoms with Crippen LogP contribution in [0.2, 0.25) is 0 Å². The van der Waals surface area contributed by atoms with Crippen LogP contribution in [0, 0.1) is 0 Å². The lowest BCUT2D eigenvalue weighted by molar-refractivity contribution is 0.134. The van der Waals surface area contributed by atoms with Crippen LogP contribution < -0.4 is 0 Å². The average Bonchev–Trinajstić information content (AvgIpc) is 2.49. The van der Waals surface area contributed by atoms with Gasteiger partial charge in [-0.25, -0.2) is 8.78 Å². The van der Waals surface area contributed by atoms with E-state index in [-0.39, 0.29) is 6.42 Å². The number of rotatable bonds is 5. The summed E-state index contributed by atoms with van der Waals surface area (Å²) in [6, 6.07) is 4.04. The molecule has 0 aliphatic carbocycles. The molecule has 0 bridgehead atoms. The molecule has 0 N–H and O–H groups in total. The summed E-state index contributed by atoms with van der Waals surface area (Å²) in [6.07, 6.45) is 0.379. The van der Waals surface area contributed by atoms with Crippen molar-refractivity contribution >= 4 is 11.3 Å². The third-order valence-electron chi connectivity index (χ3n) is 1.68. The van der Waals surface area contributed by atoms with Gasteiger partial charge in [-0.1, -0.05) is 6.07 Å². The summed E-state index contributed by atoms with van der Waals surface area (Å²) in [7, 11) is 0. The molecule has 12 heavy (non-hydrogen) atoms. The minimum Gasteiger partial charge on any atom is -0.211 e. The molecule has 3 heteroatoms. The van der Waals surface area contributed by atoms with Crippen molar-refractivity contribution in [1.82, 2.24) is 0 Å². The fourth-order valence-electron chi connectivity index (χ4n) is 1.05. The van der Waals surface area contributed by atoms with E-state index in [0.717, 1.165) is 12.8 Å². The molecule has 0 saturated carbocycles. The van der Waals surface area contributed by atoms with Crippen LogP contribution in [0.15, 0.2) is 17.5 Å². The van der Waals surface area contributed by atoms with Gasteiger partial charge in [0.05, 0.1) is 0 Å². The normalized spacial score (nSPS) is 10.9. The van der Waals surface area contributed by atoms with E-state index in [1.54, 1.807) is 11.3 Å². The van der Waals surface area contributed by atoms with Gasteiger partial charge in [-0.05, 0) is 30.7 Å². The summed E-state index contributed by atoms with van der Waals surface area (Å²) >= 11 is 1.69. The maximum Gasteiger partial charge on any atom is 0.238 e. The Morgan fingerprint density at radius 3 is 2.75 bits per heavy atom. The zero-order chi connectivity index (χ0) is 8.81. The number of hydrogen-bond donors (Lipinski definition) is 0. The van der Waals surface area contributed by atoms with Gasteiger partial charge in [0.2, 0.25) is 6.43 Å². The molecule has 0 radical (unpaired) electrons. The van der Waals surface area contributed by atoms with E-state index >= 15 is 0 Å². The number of unbranched alkanes of at least 4 members (excludes halogenated alkanes) is 1. The number of thiophene rings is 1. The summed E-state index contributed by atoms with van der Waals surface area (Å²) in [5, 5.41) is 2.02. The number of aryl methyl sites for hydroxylation is 1. The Bertz CT molecular complexity index is 194. The summed E-state index contributed by atoms with van der Waals surface area (Å²) < 4.78 is 23.4. The van der Waals surface area contributed by atoms with Gasteiger partial charge in [0.25, 0.3) is 0 Å². The van der Waals surface area contributed by atoms with Crippen molar-refractivity contribution in [3.05, 3.63) is 22.4 Å². The maximum atomic E-state index is 11.7. The van der Waals surface area contributed by atoms with Crippen LogP contribution in [0.25, 0.3) is 0 Å². The molecule has 0 spiro atoms. The van der Waals surface area contributed by atoms with Gasteiger partial charge in [-0.3, -0.25) is 0 Å². The number of alkyl halides is 2. The Kier molecular flexibility index (Phi) is 4.22. The highest BCUT2D eigenvalue weighted by molar-refractivity contribution is 7.09. The smallest absolute Gasteiger partial charge is 0.211 e. The van der Waals surface area contributed by atoms with Crippen molar-refractivity contribution in [3.8, 4) is 0 Å². The van der Waals surface area contributed by atoms with E-state index in [4.69, 9.17) is 0 Å². The Morgan fingerprint density at radius 1 is 1.33 bits per heavy atom. The summed E-state index contributed by atoms with van der Waals surface area (Å²) in [4.78, 5) is 1.30. The van der Waals surface area contributed by atoms with Gasteiger partial charge in [-0.2, -0.15) is 0 Å². The van der Waals surface area contributed by atoms with Crippen LogP contribution in [-0.4, -0.2) is 6.43 Å². The predicted molar refractivity (Wildman–Crippen MR) is 47.9 cm³/mol. The van der Waals surface area contributed by atoms with Crippen LogP contribution in [0.5, 0.6) is 0 Å². The third-order valence-corrected chi connectivity index (χ3v) is 2.61. The minimum absolute atomic E-state index is 0.0470. The van der Waals surface area contributed by atoms with Crippen molar-refractivity contribution in [2.75, 3.05) is 0 Å². The van der Waals surface area contributed by atoms with E-state index in [9.17, 15) is 8.78 Å². The SMILES string of the molecule is FC(F)CCCCc1cccs1. The molecule has 0 fully saturated rings. The molecule has 68 valence electrons. The first-order chi connectivity index (χ1) is 5.79. The van der Waals surface area contributed by atoms with E-state index < -0.39 is 6.43 Å². The molecule has 1 aromatic rings. The van der Waals surface area contributed by atoms with E-state index in [1.165, 1.54) is 4.88 Å². The Labute approximate surface area is 75.2 Å². The molecule has 1 rings (SSSR count). The first-order valence-corrected chi connectivity index (χ1v) is 4.97. The van der Waals surface area contributed by atoms with E-state index in [1.807, 2.05) is 17.5 Å². The van der Waals surface area contributed by atoms with Crippen LogP contribution in [0.3, 0.4) is 0 Å². The van der Waals surface area contributed by atoms with Gasteiger partial charge in [0.15, 0.2) is 0 Å². The standard InChI is InChI=1S/C9H12F2S/c10-9(11)6-2-1-4-8-5-3-7-12-8/h3,5,7,9H,1-2,4,6H2. The highest BCUT2D eigenvalue weighted by Gasteiger charge is 2.01. The highest BCUT2D eigenvalue weighted by atomic mass is 32.1. The quantitative estimate of drug-likeness (QED) is 0.621. The molecule has 0 aromatic carbocycles. The molecule has 0 saturated heterocycles. The monoisotopic (exact) mass is 190 g/mol.